The van der Waals surface area contributed by atoms with Gasteiger partial charge in [-0.15, -0.1) is 0 Å². The molecule has 0 aromatic heterocycles. The third-order valence-electron chi connectivity index (χ3n) is 2.75. The maximum atomic E-state index is 11.2. The number of nitro groups is 1. The number of aliphatic hydroxyl groups excluding tert-OH is 1. The van der Waals surface area contributed by atoms with Crippen LogP contribution in [0.5, 0.6) is 17.2 Å². The van der Waals surface area contributed by atoms with Gasteiger partial charge >= 0.3 is 5.69 Å². The first kappa shape index (κ1) is 14.8. The Balaban J connectivity index is 2.38. The maximum Gasteiger partial charge on any atom is 0.352 e. The molecule has 0 bridgehead atoms. The SMILES string of the molecule is CCOc1cccc(Oc2cccc(CO)c2)c1[N+](=O)[O-]. The Morgan fingerprint density at radius 1 is 1.19 bits per heavy atom. The number of ether oxygens (including phenoxy) is 2. The molecule has 0 aliphatic heterocycles. The zero-order valence-electron chi connectivity index (χ0n) is 11.5. The molecule has 2 aromatic rings. The Kier molecular flexibility index (Phi) is 4.73. The molecule has 0 aliphatic rings. The highest BCUT2D eigenvalue weighted by atomic mass is 16.6. The van der Waals surface area contributed by atoms with Gasteiger partial charge in [0.2, 0.25) is 11.5 Å². The third-order valence-corrected chi connectivity index (χ3v) is 2.75. The van der Waals surface area contributed by atoms with E-state index in [1.807, 2.05) is 0 Å². The van der Waals surface area contributed by atoms with Crippen LogP contribution in [0.15, 0.2) is 42.5 Å². The Morgan fingerprint density at radius 3 is 2.57 bits per heavy atom. The fourth-order valence-electron chi connectivity index (χ4n) is 1.87. The summed E-state index contributed by atoms with van der Waals surface area (Å²) < 4.78 is 10.8. The average Bonchev–Trinajstić information content (AvgIpc) is 2.47. The second-order valence-corrected chi connectivity index (χ2v) is 4.20. The molecule has 0 aliphatic carbocycles. The first-order valence-corrected chi connectivity index (χ1v) is 6.43. The van der Waals surface area contributed by atoms with Crippen molar-refractivity contribution in [2.24, 2.45) is 0 Å². The summed E-state index contributed by atoms with van der Waals surface area (Å²) in [5.41, 5.74) is 0.449. The lowest BCUT2D eigenvalue weighted by molar-refractivity contribution is -0.386. The highest BCUT2D eigenvalue weighted by molar-refractivity contribution is 5.58. The van der Waals surface area contributed by atoms with Gasteiger partial charge in [0, 0.05) is 0 Å². The van der Waals surface area contributed by atoms with Crippen molar-refractivity contribution < 1.29 is 19.5 Å². The summed E-state index contributed by atoms with van der Waals surface area (Å²) in [6, 6.07) is 11.4. The Morgan fingerprint density at radius 2 is 1.90 bits per heavy atom. The molecular weight excluding hydrogens is 274 g/mol. The van der Waals surface area contributed by atoms with Crippen LogP contribution < -0.4 is 9.47 Å². The van der Waals surface area contributed by atoms with Crippen LogP contribution in [-0.4, -0.2) is 16.6 Å². The lowest BCUT2D eigenvalue weighted by Gasteiger charge is -2.10. The molecule has 0 radical (unpaired) electrons. The second-order valence-electron chi connectivity index (χ2n) is 4.20. The molecule has 0 fully saturated rings. The van der Waals surface area contributed by atoms with Crippen molar-refractivity contribution in [2.75, 3.05) is 6.61 Å². The summed E-state index contributed by atoms with van der Waals surface area (Å²) in [6.07, 6.45) is 0. The minimum Gasteiger partial charge on any atom is -0.487 e. The summed E-state index contributed by atoms with van der Waals surface area (Å²) in [6.45, 7) is 1.95. The number of nitro benzene ring substituents is 1. The van der Waals surface area contributed by atoms with E-state index in [-0.39, 0.29) is 23.8 Å². The molecule has 0 unspecified atom stereocenters. The smallest absolute Gasteiger partial charge is 0.352 e. The Bertz CT molecular complexity index is 642. The van der Waals surface area contributed by atoms with Crippen LogP contribution in [0.3, 0.4) is 0 Å². The van der Waals surface area contributed by atoms with E-state index in [0.29, 0.717) is 17.9 Å². The molecule has 1 N–H and O–H groups in total. The summed E-state index contributed by atoms with van der Waals surface area (Å²) >= 11 is 0. The van der Waals surface area contributed by atoms with E-state index in [1.165, 1.54) is 12.1 Å². The number of hydrogen-bond donors (Lipinski definition) is 1. The minimum absolute atomic E-state index is 0.0982. The van der Waals surface area contributed by atoms with Crippen molar-refractivity contribution in [1.82, 2.24) is 0 Å². The number of aliphatic hydroxyl groups is 1. The summed E-state index contributed by atoms with van der Waals surface area (Å²) in [5, 5.41) is 20.3. The van der Waals surface area contributed by atoms with E-state index < -0.39 is 4.92 Å². The Hall–Kier alpha value is -2.60. The topological polar surface area (TPSA) is 81.8 Å². The van der Waals surface area contributed by atoms with Gasteiger partial charge in [0.15, 0.2) is 0 Å². The molecule has 0 spiro atoms. The molecule has 0 saturated heterocycles. The van der Waals surface area contributed by atoms with E-state index >= 15 is 0 Å². The van der Waals surface area contributed by atoms with E-state index in [0.717, 1.165) is 0 Å². The molecule has 6 nitrogen and oxygen atoms in total. The van der Waals surface area contributed by atoms with Crippen molar-refractivity contribution in [2.45, 2.75) is 13.5 Å². The van der Waals surface area contributed by atoms with Crippen molar-refractivity contribution >= 4 is 5.69 Å². The number of rotatable bonds is 6. The zero-order chi connectivity index (χ0) is 15.2. The van der Waals surface area contributed by atoms with Gasteiger partial charge < -0.3 is 14.6 Å². The summed E-state index contributed by atoms with van der Waals surface area (Å²) in [4.78, 5) is 10.7. The van der Waals surface area contributed by atoms with E-state index in [9.17, 15) is 10.1 Å². The molecule has 0 atom stereocenters. The van der Waals surface area contributed by atoms with Crippen LogP contribution in [0.25, 0.3) is 0 Å². The van der Waals surface area contributed by atoms with Gasteiger partial charge in [-0.05, 0) is 36.8 Å². The molecule has 0 heterocycles. The van der Waals surface area contributed by atoms with Gasteiger partial charge in [-0.25, -0.2) is 0 Å². The predicted octanol–water partition coefficient (Wildman–Crippen LogP) is 3.28. The molecule has 21 heavy (non-hydrogen) atoms. The molecule has 0 saturated carbocycles. The van der Waals surface area contributed by atoms with Crippen LogP contribution in [0.1, 0.15) is 12.5 Å². The molecular formula is C15H15NO5. The third kappa shape index (κ3) is 3.49. The van der Waals surface area contributed by atoms with Crippen molar-refractivity contribution in [3.63, 3.8) is 0 Å². The normalized spacial score (nSPS) is 10.2. The lowest BCUT2D eigenvalue weighted by Crippen LogP contribution is -1.99. The monoisotopic (exact) mass is 289 g/mol. The van der Waals surface area contributed by atoms with E-state index in [4.69, 9.17) is 14.6 Å². The van der Waals surface area contributed by atoms with E-state index in [1.54, 1.807) is 37.3 Å². The van der Waals surface area contributed by atoms with Gasteiger partial charge in [-0.2, -0.15) is 0 Å². The Labute approximate surface area is 121 Å². The molecule has 0 amide bonds. The fraction of sp³-hybridized carbons (Fsp3) is 0.200. The van der Waals surface area contributed by atoms with Crippen LogP contribution in [0.4, 0.5) is 5.69 Å². The van der Waals surface area contributed by atoms with Gasteiger partial charge in [-0.1, -0.05) is 18.2 Å². The molecule has 2 rings (SSSR count). The van der Waals surface area contributed by atoms with Gasteiger partial charge in [0.25, 0.3) is 0 Å². The first-order valence-electron chi connectivity index (χ1n) is 6.43. The van der Waals surface area contributed by atoms with Crippen LogP contribution in [0, 0.1) is 10.1 Å². The van der Waals surface area contributed by atoms with Crippen molar-refractivity contribution in [3.05, 3.63) is 58.1 Å². The lowest BCUT2D eigenvalue weighted by atomic mass is 10.2. The van der Waals surface area contributed by atoms with Crippen LogP contribution in [0.2, 0.25) is 0 Å². The number of hydrogen-bond acceptors (Lipinski definition) is 5. The maximum absolute atomic E-state index is 11.2. The quantitative estimate of drug-likeness (QED) is 0.652. The fourth-order valence-corrected chi connectivity index (χ4v) is 1.87. The summed E-state index contributed by atoms with van der Waals surface area (Å²) in [7, 11) is 0. The first-order chi connectivity index (χ1) is 10.2. The zero-order valence-corrected chi connectivity index (χ0v) is 11.5. The van der Waals surface area contributed by atoms with Crippen LogP contribution >= 0.6 is 0 Å². The number of benzene rings is 2. The molecule has 6 heteroatoms. The van der Waals surface area contributed by atoms with Crippen LogP contribution in [-0.2, 0) is 6.61 Å². The number of para-hydroxylation sites is 1. The van der Waals surface area contributed by atoms with Crippen molar-refractivity contribution in [1.29, 1.82) is 0 Å². The minimum atomic E-state index is -0.532. The standard InChI is InChI=1S/C15H15NO5/c1-2-20-13-7-4-8-14(15(13)16(18)19)21-12-6-3-5-11(9-12)10-17/h3-9,17H,2,10H2,1H3. The van der Waals surface area contributed by atoms with E-state index in [2.05, 4.69) is 0 Å². The predicted molar refractivity (Wildman–Crippen MR) is 76.7 cm³/mol. The summed E-state index contributed by atoms with van der Waals surface area (Å²) in [5.74, 6) is 0.678. The molecule has 2 aromatic carbocycles. The van der Waals surface area contributed by atoms with Crippen molar-refractivity contribution in [3.8, 4) is 17.2 Å². The number of nitrogens with zero attached hydrogens (tertiary/aromatic N) is 1. The second kappa shape index (κ2) is 6.71. The molecule has 110 valence electrons. The van der Waals surface area contributed by atoms with Gasteiger partial charge in [-0.3, -0.25) is 10.1 Å². The highest BCUT2D eigenvalue weighted by Crippen LogP contribution is 2.39. The largest absolute Gasteiger partial charge is 0.487 e. The van der Waals surface area contributed by atoms with Gasteiger partial charge in [0.1, 0.15) is 5.75 Å². The highest BCUT2D eigenvalue weighted by Gasteiger charge is 2.22. The van der Waals surface area contributed by atoms with Gasteiger partial charge in [0.05, 0.1) is 18.1 Å². The average molecular weight is 289 g/mol.